The number of hydrogen-bond donors (Lipinski definition) is 0. The Hall–Kier alpha value is -1.42. The molecule has 0 N–H and O–H groups in total. The molecule has 0 aliphatic heterocycles. The molecule has 0 fully saturated rings. The van der Waals surface area contributed by atoms with Crippen LogP contribution in [0.3, 0.4) is 0 Å². The van der Waals surface area contributed by atoms with Crippen LogP contribution in [0.1, 0.15) is 24.9 Å². The third-order valence-electron chi connectivity index (χ3n) is 3.20. The lowest BCUT2D eigenvalue weighted by molar-refractivity contribution is -0.444. The number of hydrogen-bond acceptors (Lipinski definition) is 1. The van der Waals surface area contributed by atoms with Crippen molar-refractivity contribution in [2.45, 2.75) is 43.7 Å². The molecule has 23 heavy (non-hydrogen) atoms. The SMILES string of the molecule is CCC(c1ccccc1)N([O])C(F)(F)C(F)(F)C(F)(F)C(F)F. The van der Waals surface area contributed by atoms with Crippen LogP contribution in [0.25, 0.3) is 0 Å². The summed E-state index contributed by atoms with van der Waals surface area (Å²) in [7, 11) is 0. The van der Waals surface area contributed by atoms with E-state index in [2.05, 4.69) is 0 Å². The molecule has 1 aromatic rings. The highest BCUT2D eigenvalue weighted by Gasteiger charge is 2.78. The zero-order chi connectivity index (χ0) is 18.1. The average Bonchev–Trinajstić information content (AvgIpc) is 2.48. The fourth-order valence-electron chi connectivity index (χ4n) is 1.88. The molecule has 0 amide bonds. The van der Waals surface area contributed by atoms with Crippen molar-refractivity contribution in [3.63, 3.8) is 0 Å². The summed E-state index contributed by atoms with van der Waals surface area (Å²) in [5.41, 5.74) is -0.138. The maximum atomic E-state index is 13.6. The predicted octanol–water partition coefficient (Wildman–Crippen LogP) is 4.91. The minimum atomic E-state index is -6.56. The van der Waals surface area contributed by atoms with Crippen LogP contribution < -0.4 is 0 Å². The normalized spacial score (nSPS) is 15.3. The Morgan fingerprint density at radius 1 is 1.00 bits per heavy atom. The van der Waals surface area contributed by atoms with E-state index in [4.69, 9.17) is 0 Å². The van der Waals surface area contributed by atoms with E-state index in [1.54, 1.807) is 0 Å². The minimum absolute atomic E-state index is 0.138. The van der Waals surface area contributed by atoms with Crippen LogP contribution in [0.2, 0.25) is 0 Å². The van der Waals surface area contributed by atoms with Gasteiger partial charge in [0.1, 0.15) is 0 Å². The number of nitrogens with zero attached hydrogens (tertiary/aromatic N) is 1. The summed E-state index contributed by atoms with van der Waals surface area (Å²) in [6.07, 6.45) is -5.49. The van der Waals surface area contributed by atoms with Gasteiger partial charge in [-0.25, -0.2) is 8.78 Å². The Labute approximate surface area is 126 Å². The van der Waals surface area contributed by atoms with Crippen LogP contribution in [0.15, 0.2) is 30.3 Å². The van der Waals surface area contributed by atoms with Crippen molar-refractivity contribution in [2.24, 2.45) is 0 Å². The first-order valence-electron chi connectivity index (χ1n) is 6.34. The smallest absolute Gasteiger partial charge is 0.203 e. The molecule has 0 saturated heterocycles. The molecule has 0 spiro atoms. The second-order valence-electron chi connectivity index (χ2n) is 4.70. The zero-order valence-electron chi connectivity index (χ0n) is 11.6. The van der Waals surface area contributed by atoms with Gasteiger partial charge in [0, 0.05) is 0 Å². The lowest BCUT2D eigenvalue weighted by Gasteiger charge is -2.37. The highest BCUT2D eigenvalue weighted by atomic mass is 19.4. The molecule has 0 aliphatic carbocycles. The number of halogens is 8. The molecule has 0 aliphatic rings. The molecule has 2 nitrogen and oxygen atoms in total. The molecule has 131 valence electrons. The van der Waals surface area contributed by atoms with Crippen molar-refractivity contribution < 1.29 is 40.3 Å². The molecular weight excluding hydrogens is 338 g/mol. The van der Waals surface area contributed by atoms with E-state index < -0.39 is 41.8 Å². The molecule has 1 atom stereocenters. The van der Waals surface area contributed by atoms with Crippen LogP contribution in [-0.2, 0) is 5.21 Å². The molecule has 1 aromatic carbocycles. The summed E-state index contributed by atoms with van der Waals surface area (Å²) < 4.78 is 103. The first-order chi connectivity index (χ1) is 10.4. The third kappa shape index (κ3) is 3.27. The van der Waals surface area contributed by atoms with E-state index in [-0.39, 0.29) is 5.56 Å². The lowest BCUT2D eigenvalue weighted by atomic mass is 10.0. The Bertz CT molecular complexity index is 508. The van der Waals surface area contributed by atoms with Crippen LogP contribution in [0.4, 0.5) is 35.1 Å². The number of hydroxylamine groups is 2. The highest BCUT2D eigenvalue weighted by molar-refractivity contribution is 5.19. The molecule has 10 heteroatoms. The van der Waals surface area contributed by atoms with Crippen LogP contribution in [0.5, 0.6) is 0 Å². The second-order valence-corrected chi connectivity index (χ2v) is 4.70. The summed E-state index contributed by atoms with van der Waals surface area (Å²) in [6, 6.07) is -1.57. The highest BCUT2D eigenvalue weighted by Crippen LogP contribution is 2.51. The van der Waals surface area contributed by atoms with Gasteiger partial charge in [-0.1, -0.05) is 42.3 Å². The van der Waals surface area contributed by atoms with E-state index in [1.165, 1.54) is 25.1 Å². The van der Waals surface area contributed by atoms with Gasteiger partial charge in [-0.05, 0) is 12.0 Å². The molecular formula is C13H12F8NO. The van der Waals surface area contributed by atoms with Gasteiger partial charge in [0.05, 0.1) is 6.04 Å². The van der Waals surface area contributed by atoms with Gasteiger partial charge >= 0.3 is 24.3 Å². The molecule has 0 bridgehead atoms. The summed E-state index contributed by atoms with van der Waals surface area (Å²) >= 11 is 0. The van der Waals surface area contributed by atoms with Crippen molar-refractivity contribution >= 4 is 0 Å². The van der Waals surface area contributed by atoms with Crippen molar-refractivity contribution in [1.82, 2.24) is 5.06 Å². The van der Waals surface area contributed by atoms with Gasteiger partial charge in [0.2, 0.25) is 0 Å². The summed E-state index contributed by atoms with van der Waals surface area (Å²) in [5, 5.41) is 10.1. The van der Waals surface area contributed by atoms with Crippen LogP contribution in [0, 0.1) is 0 Å². The van der Waals surface area contributed by atoms with Gasteiger partial charge in [-0.2, -0.15) is 26.3 Å². The van der Waals surface area contributed by atoms with Crippen molar-refractivity contribution in [3.8, 4) is 0 Å². The van der Waals surface area contributed by atoms with E-state index >= 15 is 0 Å². The van der Waals surface area contributed by atoms with Gasteiger partial charge in [-0.15, -0.1) is 5.21 Å². The zero-order valence-corrected chi connectivity index (χ0v) is 11.6. The Morgan fingerprint density at radius 3 is 1.87 bits per heavy atom. The van der Waals surface area contributed by atoms with Crippen molar-refractivity contribution in [1.29, 1.82) is 0 Å². The molecule has 1 rings (SSSR count). The van der Waals surface area contributed by atoms with Crippen LogP contribution in [-0.4, -0.2) is 29.4 Å². The third-order valence-corrected chi connectivity index (χ3v) is 3.20. The largest absolute Gasteiger partial charge is 0.398 e. The molecule has 1 unspecified atom stereocenters. The van der Waals surface area contributed by atoms with Crippen molar-refractivity contribution in [3.05, 3.63) is 35.9 Å². The monoisotopic (exact) mass is 350 g/mol. The van der Waals surface area contributed by atoms with E-state index in [1.807, 2.05) is 0 Å². The number of alkyl halides is 8. The topological polar surface area (TPSA) is 23.1 Å². The first-order valence-corrected chi connectivity index (χ1v) is 6.34. The summed E-state index contributed by atoms with van der Waals surface area (Å²) in [4.78, 5) is 0. The fourth-order valence-corrected chi connectivity index (χ4v) is 1.88. The van der Waals surface area contributed by atoms with Crippen LogP contribution >= 0.6 is 0 Å². The Balaban J connectivity index is 3.24. The minimum Gasteiger partial charge on any atom is -0.203 e. The van der Waals surface area contributed by atoms with Gasteiger partial charge < -0.3 is 0 Å². The lowest BCUT2D eigenvalue weighted by Crippen LogP contribution is -2.63. The summed E-state index contributed by atoms with van der Waals surface area (Å²) in [5.74, 6) is -12.9. The predicted molar refractivity (Wildman–Crippen MR) is 62.8 cm³/mol. The standard InChI is InChI=1S/C13H12F8NO/c1-2-9(8-6-4-3-5-7-8)22(23)13(20,21)12(18,19)11(16,17)10(14)15/h3-7,9-10H,2H2,1H3. The van der Waals surface area contributed by atoms with E-state index in [9.17, 15) is 40.3 Å². The Morgan fingerprint density at radius 2 is 1.48 bits per heavy atom. The first kappa shape index (κ1) is 19.6. The van der Waals surface area contributed by atoms with Crippen molar-refractivity contribution in [2.75, 3.05) is 0 Å². The van der Waals surface area contributed by atoms with E-state index in [0.717, 1.165) is 12.1 Å². The second kappa shape index (κ2) is 6.60. The maximum Gasteiger partial charge on any atom is 0.398 e. The quantitative estimate of drug-likeness (QED) is 0.389. The molecule has 0 aromatic heterocycles. The van der Waals surface area contributed by atoms with Gasteiger partial charge in [0.25, 0.3) is 0 Å². The Kier molecular flexibility index (Phi) is 5.63. The number of benzene rings is 1. The fraction of sp³-hybridized carbons (Fsp3) is 0.538. The summed E-state index contributed by atoms with van der Waals surface area (Å²) in [6.45, 7) is 1.18. The van der Waals surface area contributed by atoms with E-state index in [0.29, 0.717) is 0 Å². The number of rotatable bonds is 7. The van der Waals surface area contributed by atoms with Gasteiger partial charge in [-0.3, -0.25) is 0 Å². The maximum absolute atomic E-state index is 13.6. The average molecular weight is 350 g/mol. The molecule has 1 radical (unpaired) electrons. The van der Waals surface area contributed by atoms with Gasteiger partial charge in [0.15, 0.2) is 0 Å². The molecule has 0 heterocycles. The molecule has 0 saturated carbocycles.